The summed E-state index contributed by atoms with van der Waals surface area (Å²) in [5.41, 5.74) is 5.26. The fraction of sp³-hybridized carbons (Fsp3) is 0.409. The highest BCUT2D eigenvalue weighted by Crippen LogP contribution is 2.30. The molecule has 0 saturated carbocycles. The summed E-state index contributed by atoms with van der Waals surface area (Å²) in [6.07, 6.45) is -6.82. The first-order valence-corrected chi connectivity index (χ1v) is 10.0. The Kier molecular flexibility index (Phi) is 8.80. The third-order valence-corrected chi connectivity index (χ3v) is 4.85. The van der Waals surface area contributed by atoms with Gasteiger partial charge in [-0.2, -0.15) is 13.2 Å². The summed E-state index contributed by atoms with van der Waals surface area (Å²) in [5, 5.41) is 5.23. The summed E-state index contributed by atoms with van der Waals surface area (Å²) >= 11 is 0. The van der Waals surface area contributed by atoms with Crippen molar-refractivity contribution in [1.82, 2.24) is 0 Å². The Labute approximate surface area is 182 Å². The van der Waals surface area contributed by atoms with Gasteiger partial charge in [-0.3, -0.25) is 4.79 Å². The fourth-order valence-corrected chi connectivity index (χ4v) is 2.91. The van der Waals surface area contributed by atoms with Gasteiger partial charge in [0.25, 0.3) is 0 Å². The first kappa shape index (κ1) is 25.4. The molecule has 0 bridgehead atoms. The first-order valence-electron chi connectivity index (χ1n) is 10.0. The molecular formula is C22H25F6N3O. The van der Waals surface area contributed by atoms with Crippen LogP contribution in [0, 0.1) is 5.82 Å². The molecule has 0 aliphatic rings. The van der Waals surface area contributed by atoms with E-state index in [1.54, 1.807) is 0 Å². The van der Waals surface area contributed by atoms with Crippen molar-refractivity contribution >= 4 is 23.0 Å². The van der Waals surface area contributed by atoms with Crippen LogP contribution in [0.4, 0.5) is 43.4 Å². The molecule has 0 radical (unpaired) electrons. The van der Waals surface area contributed by atoms with Gasteiger partial charge in [0.2, 0.25) is 5.91 Å². The van der Waals surface area contributed by atoms with E-state index in [2.05, 4.69) is 10.6 Å². The number of hydrogen-bond donors (Lipinski definition) is 3. The average molecular weight is 461 g/mol. The number of carbonyl (C=O) groups is 1. The van der Waals surface area contributed by atoms with E-state index in [0.717, 1.165) is 19.1 Å². The molecule has 4 N–H and O–H groups in total. The minimum atomic E-state index is -4.44. The summed E-state index contributed by atoms with van der Waals surface area (Å²) in [5.74, 6) is -1.25. The molecule has 2 atom stereocenters. The Morgan fingerprint density at radius 2 is 1.66 bits per heavy atom. The second-order valence-electron chi connectivity index (χ2n) is 7.42. The van der Waals surface area contributed by atoms with E-state index in [4.69, 9.17) is 5.73 Å². The molecule has 1 amide bonds. The van der Waals surface area contributed by atoms with E-state index in [-0.39, 0.29) is 36.4 Å². The largest absolute Gasteiger partial charge is 0.416 e. The Morgan fingerprint density at radius 3 is 2.25 bits per heavy atom. The van der Waals surface area contributed by atoms with Crippen molar-refractivity contribution in [3.8, 4) is 0 Å². The molecule has 10 heteroatoms. The molecular weight excluding hydrogens is 436 g/mol. The highest BCUT2D eigenvalue weighted by Gasteiger charge is 2.29. The zero-order valence-electron chi connectivity index (χ0n) is 17.4. The van der Waals surface area contributed by atoms with Crippen molar-refractivity contribution in [2.75, 3.05) is 16.4 Å². The lowest BCUT2D eigenvalue weighted by molar-refractivity contribution is -0.137. The van der Waals surface area contributed by atoms with Crippen LogP contribution in [-0.4, -0.2) is 18.3 Å². The van der Waals surface area contributed by atoms with Crippen molar-refractivity contribution in [2.24, 2.45) is 0 Å². The van der Waals surface area contributed by atoms with E-state index in [0.29, 0.717) is 18.4 Å². The normalized spacial score (nSPS) is 13.5. The molecule has 1 unspecified atom stereocenters. The fourth-order valence-electron chi connectivity index (χ4n) is 2.91. The van der Waals surface area contributed by atoms with Crippen molar-refractivity contribution in [3.05, 3.63) is 53.3 Å². The number of nitrogens with one attached hydrogen (secondary N) is 2. The summed E-state index contributed by atoms with van der Waals surface area (Å²) in [6.45, 7) is 1.20. The van der Waals surface area contributed by atoms with Gasteiger partial charge in [-0.05, 0) is 56.0 Å². The molecule has 0 heterocycles. The van der Waals surface area contributed by atoms with E-state index >= 15 is 0 Å². The van der Waals surface area contributed by atoms with Gasteiger partial charge in [-0.1, -0.05) is 12.1 Å². The molecule has 2 aromatic carbocycles. The number of amides is 1. The number of carbonyl (C=O) groups excluding carboxylic acids is 1. The van der Waals surface area contributed by atoms with Gasteiger partial charge in [-0.15, -0.1) is 0 Å². The van der Waals surface area contributed by atoms with E-state index in [1.165, 1.54) is 24.3 Å². The topological polar surface area (TPSA) is 67.2 Å². The van der Waals surface area contributed by atoms with Gasteiger partial charge in [0, 0.05) is 13.0 Å². The number of alkyl halides is 5. The molecule has 2 aromatic rings. The Morgan fingerprint density at radius 1 is 1.03 bits per heavy atom. The van der Waals surface area contributed by atoms with E-state index < -0.39 is 35.8 Å². The van der Waals surface area contributed by atoms with Gasteiger partial charge in [-0.25, -0.2) is 13.2 Å². The van der Waals surface area contributed by atoms with Crippen molar-refractivity contribution in [1.29, 1.82) is 0 Å². The maximum absolute atomic E-state index is 14.5. The number of anilines is 3. The Balaban J connectivity index is 1.89. The molecule has 32 heavy (non-hydrogen) atoms. The number of hydrogen-bond acceptors (Lipinski definition) is 3. The Hall–Kier alpha value is -2.91. The quantitative estimate of drug-likeness (QED) is 0.223. The third kappa shape index (κ3) is 7.35. The summed E-state index contributed by atoms with van der Waals surface area (Å²) < 4.78 is 78.3. The summed E-state index contributed by atoms with van der Waals surface area (Å²) in [7, 11) is 0. The molecule has 0 aromatic heterocycles. The van der Waals surface area contributed by atoms with Gasteiger partial charge in [0.05, 0.1) is 22.6 Å². The minimum absolute atomic E-state index is 0.0149. The lowest BCUT2D eigenvalue weighted by atomic mass is 10.1. The standard InChI is InChI=1S/C22H25F6N3O/c1-13(23)16(24)4-2-3-5-19(32)31-18-11-10-17(20(25)21(18)29)30-12-14-6-8-15(9-7-14)22(26,27)28/h6-11,13,16,30H,2-5,12,29H2,1H3,(H,31,32)/t13?,16-/m0/s1. The van der Waals surface area contributed by atoms with Crippen LogP contribution in [-0.2, 0) is 17.5 Å². The van der Waals surface area contributed by atoms with Crippen molar-refractivity contribution < 1.29 is 31.1 Å². The molecule has 0 aliphatic heterocycles. The van der Waals surface area contributed by atoms with Crippen LogP contribution in [0.3, 0.4) is 0 Å². The smallest absolute Gasteiger partial charge is 0.395 e. The molecule has 2 rings (SSSR count). The number of benzene rings is 2. The van der Waals surface area contributed by atoms with Gasteiger partial charge >= 0.3 is 6.18 Å². The maximum Gasteiger partial charge on any atom is 0.416 e. The lowest BCUT2D eigenvalue weighted by Gasteiger charge is -2.14. The Bertz CT molecular complexity index is 900. The second kappa shape index (κ2) is 11.1. The third-order valence-electron chi connectivity index (χ3n) is 4.85. The van der Waals surface area contributed by atoms with E-state index in [1.807, 2.05) is 0 Å². The first-order chi connectivity index (χ1) is 15.0. The molecule has 176 valence electrons. The van der Waals surface area contributed by atoms with Crippen LogP contribution in [0.15, 0.2) is 36.4 Å². The van der Waals surface area contributed by atoms with Crippen molar-refractivity contribution in [2.45, 2.75) is 57.7 Å². The maximum atomic E-state index is 14.5. The predicted molar refractivity (Wildman–Crippen MR) is 112 cm³/mol. The average Bonchev–Trinajstić information content (AvgIpc) is 2.73. The van der Waals surface area contributed by atoms with Crippen LogP contribution in [0.5, 0.6) is 0 Å². The van der Waals surface area contributed by atoms with Gasteiger partial charge < -0.3 is 16.4 Å². The minimum Gasteiger partial charge on any atom is -0.395 e. The lowest BCUT2D eigenvalue weighted by Crippen LogP contribution is -2.15. The van der Waals surface area contributed by atoms with Crippen LogP contribution < -0.4 is 16.4 Å². The number of halogens is 6. The SMILES string of the molecule is CC(F)[C@@H](F)CCCCC(=O)Nc1ccc(NCc2ccc(C(F)(F)F)cc2)c(F)c1N. The summed E-state index contributed by atoms with van der Waals surface area (Å²) in [6, 6.07) is 7.18. The van der Waals surface area contributed by atoms with Crippen LogP contribution in [0.1, 0.15) is 43.7 Å². The van der Waals surface area contributed by atoms with E-state index in [9.17, 15) is 31.1 Å². The zero-order valence-corrected chi connectivity index (χ0v) is 17.4. The number of unbranched alkanes of at least 4 members (excludes halogenated alkanes) is 1. The number of rotatable bonds is 10. The van der Waals surface area contributed by atoms with Crippen LogP contribution in [0.25, 0.3) is 0 Å². The van der Waals surface area contributed by atoms with Gasteiger partial charge in [0.1, 0.15) is 12.3 Å². The monoisotopic (exact) mass is 461 g/mol. The zero-order chi connectivity index (χ0) is 23.9. The van der Waals surface area contributed by atoms with Gasteiger partial charge in [0.15, 0.2) is 5.82 Å². The number of nitrogens with two attached hydrogens (primary N) is 1. The number of nitrogen functional groups attached to an aromatic ring is 1. The second-order valence-corrected chi connectivity index (χ2v) is 7.42. The van der Waals surface area contributed by atoms with Crippen molar-refractivity contribution in [3.63, 3.8) is 0 Å². The van der Waals surface area contributed by atoms with Crippen LogP contribution >= 0.6 is 0 Å². The highest BCUT2D eigenvalue weighted by molar-refractivity contribution is 5.94. The highest BCUT2D eigenvalue weighted by atomic mass is 19.4. The molecule has 0 saturated heterocycles. The molecule has 0 aliphatic carbocycles. The predicted octanol–water partition coefficient (Wildman–Crippen LogP) is 6.23. The molecule has 4 nitrogen and oxygen atoms in total. The molecule has 0 spiro atoms. The van der Waals surface area contributed by atoms with Crippen LogP contribution in [0.2, 0.25) is 0 Å². The summed E-state index contributed by atoms with van der Waals surface area (Å²) in [4.78, 5) is 12.0. The molecule has 0 fully saturated rings.